The number of aromatic amines is 1. The molecule has 1 amide bonds. The highest BCUT2D eigenvalue weighted by Crippen LogP contribution is 2.30. The molecule has 8 heteroatoms. The van der Waals surface area contributed by atoms with Gasteiger partial charge < -0.3 is 19.9 Å². The van der Waals surface area contributed by atoms with Gasteiger partial charge in [0.2, 0.25) is 11.8 Å². The normalized spacial score (nSPS) is 19.2. The van der Waals surface area contributed by atoms with Crippen molar-refractivity contribution in [3.8, 4) is 17.0 Å². The molecule has 8 nitrogen and oxygen atoms in total. The Labute approximate surface area is 185 Å². The van der Waals surface area contributed by atoms with Gasteiger partial charge in [0.25, 0.3) is 0 Å². The van der Waals surface area contributed by atoms with Crippen LogP contribution in [0.3, 0.4) is 0 Å². The van der Waals surface area contributed by atoms with Crippen LogP contribution in [0.25, 0.3) is 33.2 Å². The molecule has 2 N–H and O–H groups in total. The van der Waals surface area contributed by atoms with Crippen LogP contribution in [0.5, 0.6) is 5.88 Å². The zero-order valence-electron chi connectivity index (χ0n) is 17.8. The molecule has 4 heterocycles. The van der Waals surface area contributed by atoms with Crippen molar-refractivity contribution in [2.24, 2.45) is 0 Å². The van der Waals surface area contributed by atoms with Crippen molar-refractivity contribution >= 4 is 28.0 Å². The van der Waals surface area contributed by atoms with Crippen molar-refractivity contribution < 1.29 is 9.53 Å². The standard InChI is InChI=1S/C24H24N6O2/c1-3-21(31)28-17-10-18(14-30(2)13-17)32-22-12-27-24-23(29-22)19(11-26-24)15-6-7-20-16(9-15)5-4-8-25-20/h3-9,11-12,17-18H,1,10,13-14H2,2H3,(H,26,27)(H,28,31). The van der Waals surface area contributed by atoms with Gasteiger partial charge in [-0.3, -0.25) is 9.78 Å². The molecule has 0 spiro atoms. The third-order valence-electron chi connectivity index (χ3n) is 5.69. The van der Waals surface area contributed by atoms with Gasteiger partial charge in [-0.15, -0.1) is 0 Å². The number of benzene rings is 1. The van der Waals surface area contributed by atoms with Gasteiger partial charge >= 0.3 is 0 Å². The van der Waals surface area contributed by atoms with Crippen LogP contribution in [-0.4, -0.2) is 63.0 Å². The van der Waals surface area contributed by atoms with E-state index in [1.54, 1.807) is 12.4 Å². The van der Waals surface area contributed by atoms with Crippen LogP contribution < -0.4 is 10.1 Å². The second-order valence-corrected chi connectivity index (χ2v) is 8.13. The van der Waals surface area contributed by atoms with E-state index in [0.29, 0.717) is 17.9 Å². The molecule has 5 rings (SSSR count). The zero-order valence-corrected chi connectivity index (χ0v) is 17.8. The number of likely N-dealkylation sites (N-methyl/N-ethyl adjacent to an activating group) is 1. The van der Waals surface area contributed by atoms with E-state index < -0.39 is 0 Å². The summed E-state index contributed by atoms with van der Waals surface area (Å²) in [5.41, 5.74) is 4.40. The molecule has 0 bridgehead atoms. The van der Waals surface area contributed by atoms with E-state index in [4.69, 9.17) is 9.72 Å². The topological polar surface area (TPSA) is 96.0 Å². The van der Waals surface area contributed by atoms with Gasteiger partial charge in [-0.2, -0.15) is 0 Å². The number of nitrogens with one attached hydrogen (secondary N) is 2. The zero-order chi connectivity index (χ0) is 22.1. The molecule has 2 unspecified atom stereocenters. The Morgan fingerprint density at radius 3 is 3.09 bits per heavy atom. The maximum Gasteiger partial charge on any atom is 0.243 e. The number of carbonyl (C=O) groups excluding carboxylic acids is 1. The minimum atomic E-state index is -0.173. The van der Waals surface area contributed by atoms with E-state index in [9.17, 15) is 4.79 Å². The first-order valence-electron chi connectivity index (χ1n) is 10.6. The van der Waals surface area contributed by atoms with E-state index in [-0.39, 0.29) is 18.1 Å². The molecule has 0 saturated carbocycles. The smallest absolute Gasteiger partial charge is 0.243 e. The van der Waals surface area contributed by atoms with Crippen LogP contribution in [-0.2, 0) is 4.79 Å². The predicted octanol–water partition coefficient (Wildman–Crippen LogP) is 2.93. The largest absolute Gasteiger partial charge is 0.472 e. The second-order valence-electron chi connectivity index (χ2n) is 8.13. The summed E-state index contributed by atoms with van der Waals surface area (Å²) in [7, 11) is 2.01. The Kier molecular flexibility index (Phi) is 5.28. The summed E-state index contributed by atoms with van der Waals surface area (Å²) in [5.74, 6) is 0.294. The monoisotopic (exact) mass is 428 g/mol. The van der Waals surface area contributed by atoms with Gasteiger partial charge in [-0.1, -0.05) is 18.7 Å². The fraction of sp³-hybridized carbons (Fsp3) is 0.250. The SMILES string of the molecule is C=CC(=O)NC1CC(Oc2cnc3[nH]cc(-c4ccc5ncccc5c4)c3n2)CN(C)C1. The molecular formula is C24H24N6O2. The molecule has 1 fully saturated rings. The number of carbonyl (C=O) groups is 1. The highest BCUT2D eigenvalue weighted by Gasteiger charge is 2.28. The highest BCUT2D eigenvalue weighted by atomic mass is 16.5. The number of hydrogen-bond acceptors (Lipinski definition) is 6. The quantitative estimate of drug-likeness (QED) is 0.475. The summed E-state index contributed by atoms with van der Waals surface area (Å²) in [6.07, 6.45) is 7.23. The molecule has 1 saturated heterocycles. The number of piperidine rings is 1. The Morgan fingerprint density at radius 1 is 1.31 bits per heavy atom. The third kappa shape index (κ3) is 4.04. The van der Waals surface area contributed by atoms with E-state index in [2.05, 4.69) is 37.8 Å². The first-order valence-corrected chi connectivity index (χ1v) is 10.6. The fourth-order valence-electron chi connectivity index (χ4n) is 4.28. The van der Waals surface area contributed by atoms with E-state index in [1.807, 2.05) is 37.5 Å². The molecular weight excluding hydrogens is 404 g/mol. The van der Waals surface area contributed by atoms with Gasteiger partial charge in [-0.05, 0) is 36.9 Å². The average molecular weight is 428 g/mol. The van der Waals surface area contributed by atoms with Crippen LogP contribution in [0.1, 0.15) is 6.42 Å². The molecule has 0 aliphatic carbocycles. The van der Waals surface area contributed by atoms with Crippen molar-refractivity contribution in [3.05, 3.63) is 61.6 Å². The lowest BCUT2D eigenvalue weighted by Gasteiger charge is -2.35. The van der Waals surface area contributed by atoms with Gasteiger partial charge in [0, 0.05) is 48.9 Å². The summed E-state index contributed by atoms with van der Waals surface area (Å²) in [6, 6.07) is 10.1. The Bertz CT molecular complexity index is 1300. The van der Waals surface area contributed by atoms with E-state index >= 15 is 0 Å². The van der Waals surface area contributed by atoms with Crippen molar-refractivity contribution in [1.82, 2.24) is 30.2 Å². The molecule has 1 aliphatic heterocycles. The lowest BCUT2D eigenvalue weighted by molar-refractivity contribution is -0.117. The van der Waals surface area contributed by atoms with Crippen molar-refractivity contribution in [3.63, 3.8) is 0 Å². The molecule has 4 aromatic rings. The number of hydrogen-bond donors (Lipinski definition) is 2. The molecule has 0 radical (unpaired) electrons. The summed E-state index contributed by atoms with van der Waals surface area (Å²) in [6.45, 7) is 5.04. The number of fused-ring (bicyclic) bond motifs is 2. The maximum atomic E-state index is 11.7. The molecule has 1 aliphatic rings. The minimum absolute atomic E-state index is 0.00466. The van der Waals surface area contributed by atoms with Gasteiger partial charge in [0.1, 0.15) is 11.6 Å². The summed E-state index contributed by atoms with van der Waals surface area (Å²) >= 11 is 0. The molecule has 162 valence electrons. The molecule has 1 aromatic carbocycles. The lowest BCUT2D eigenvalue weighted by Crippen LogP contribution is -2.52. The van der Waals surface area contributed by atoms with Crippen molar-refractivity contribution in [1.29, 1.82) is 0 Å². The summed E-state index contributed by atoms with van der Waals surface area (Å²) < 4.78 is 6.19. The Hall–Kier alpha value is -3.78. The van der Waals surface area contributed by atoms with Crippen LogP contribution >= 0.6 is 0 Å². The minimum Gasteiger partial charge on any atom is -0.472 e. The van der Waals surface area contributed by atoms with Gasteiger partial charge in [0.05, 0.1) is 11.7 Å². The average Bonchev–Trinajstić information content (AvgIpc) is 3.21. The summed E-state index contributed by atoms with van der Waals surface area (Å²) in [5, 5.41) is 4.03. The van der Waals surface area contributed by atoms with Crippen LogP contribution in [0.2, 0.25) is 0 Å². The Balaban J connectivity index is 1.40. The molecule has 2 atom stereocenters. The first kappa shape index (κ1) is 20.1. The fourth-order valence-corrected chi connectivity index (χ4v) is 4.28. The number of likely N-dealkylation sites (tertiary alicyclic amines) is 1. The lowest BCUT2D eigenvalue weighted by atomic mass is 10.0. The number of pyridine rings is 1. The number of aromatic nitrogens is 4. The predicted molar refractivity (Wildman–Crippen MR) is 123 cm³/mol. The number of amides is 1. The Morgan fingerprint density at radius 2 is 2.22 bits per heavy atom. The molecule has 32 heavy (non-hydrogen) atoms. The first-order chi connectivity index (χ1) is 15.6. The van der Waals surface area contributed by atoms with Crippen molar-refractivity contribution in [2.75, 3.05) is 20.1 Å². The number of rotatable bonds is 5. The number of ether oxygens (including phenoxy) is 1. The number of H-pyrrole nitrogens is 1. The van der Waals surface area contributed by atoms with Crippen molar-refractivity contribution in [2.45, 2.75) is 18.6 Å². The molecule has 3 aromatic heterocycles. The highest BCUT2D eigenvalue weighted by molar-refractivity contribution is 5.94. The van der Waals surface area contributed by atoms with E-state index in [0.717, 1.165) is 40.6 Å². The van der Waals surface area contributed by atoms with Crippen LogP contribution in [0.15, 0.2) is 61.6 Å². The summed E-state index contributed by atoms with van der Waals surface area (Å²) in [4.78, 5) is 30.7. The van der Waals surface area contributed by atoms with Gasteiger partial charge in [0.15, 0.2) is 5.65 Å². The maximum absolute atomic E-state index is 11.7. The van der Waals surface area contributed by atoms with E-state index in [1.165, 1.54) is 6.08 Å². The third-order valence-corrected chi connectivity index (χ3v) is 5.69. The van der Waals surface area contributed by atoms with Crippen LogP contribution in [0, 0.1) is 0 Å². The van der Waals surface area contributed by atoms with Crippen LogP contribution in [0.4, 0.5) is 0 Å². The number of nitrogens with zero attached hydrogens (tertiary/aromatic N) is 4. The van der Waals surface area contributed by atoms with Gasteiger partial charge in [-0.25, -0.2) is 9.97 Å². The second kappa shape index (κ2) is 8.39.